The Kier molecular flexibility index (Phi) is 6.97. The predicted molar refractivity (Wildman–Crippen MR) is 112 cm³/mol. The van der Waals surface area contributed by atoms with Gasteiger partial charge in [-0.2, -0.15) is 0 Å². The van der Waals surface area contributed by atoms with E-state index < -0.39 is 11.9 Å². The third-order valence-corrected chi connectivity index (χ3v) is 4.90. The van der Waals surface area contributed by atoms with E-state index in [1.807, 2.05) is 37.4 Å². The van der Waals surface area contributed by atoms with Crippen molar-refractivity contribution in [3.63, 3.8) is 0 Å². The molecule has 0 spiro atoms. The molecule has 7 heteroatoms. The van der Waals surface area contributed by atoms with Gasteiger partial charge >= 0.3 is 5.97 Å². The maximum Gasteiger partial charge on any atom is 0.338 e. The molecule has 0 radical (unpaired) electrons. The summed E-state index contributed by atoms with van der Waals surface area (Å²) in [5.41, 5.74) is 2.95. The summed E-state index contributed by atoms with van der Waals surface area (Å²) in [5.74, 6) is -0.443. The molecule has 29 heavy (non-hydrogen) atoms. The molecule has 0 saturated heterocycles. The molecule has 3 aromatic rings. The largest absolute Gasteiger partial charge is 0.487 e. The summed E-state index contributed by atoms with van der Waals surface area (Å²) in [6.07, 6.45) is 0.874. The van der Waals surface area contributed by atoms with Gasteiger partial charge in [0.1, 0.15) is 12.4 Å². The van der Waals surface area contributed by atoms with Crippen LogP contribution in [-0.2, 0) is 22.6 Å². The van der Waals surface area contributed by atoms with Crippen LogP contribution < -0.4 is 10.1 Å². The first-order chi connectivity index (χ1) is 14.0. The van der Waals surface area contributed by atoms with Crippen molar-refractivity contribution in [2.75, 3.05) is 11.9 Å². The zero-order valence-corrected chi connectivity index (χ0v) is 17.1. The van der Waals surface area contributed by atoms with Crippen LogP contribution in [0.15, 0.2) is 53.9 Å². The third kappa shape index (κ3) is 6.15. The van der Waals surface area contributed by atoms with Crippen LogP contribution in [0.3, 0.4) is 0 Å². The highest BCUT2D eigenvalue weighted by Gasteiger charge is 2.12. The molecule has 1 heterocycles. The number of nitrogens with zero attached hydrogens (tertiary/aromatic N) is 1. The summed E-state index contributed by atoms with van der Waals surface area (Å²) in [5, 5.41) is 5.63. The number of nitrogens with one attached hydrogen (secondary N) is 1. The van der Waals surface area contributed by atoms with Crippen molar-refractivity contribution in [3.05, 3.63) is 75.7 Å². The second-order valence-corrected chi connectivity index (χ2v) is 7.41. The van der Waals surface area contributed by atoms with Gasteiger partial charge in [-0.3, -0.25) is 4.79 Å². The molecular weight excluding hydrogens is 388 g/mol. The second-order valence-electron chi connectivity index (χ2n) is 6.35. The highest BCUT2D eigenvalue weighted by atomic mass is 32.1. The van der Waals surface area contributed by atoms with Crippen LogP contribution in [0.1, 0.15) is 33.5 Å². The van der Waals surface area contributed by atoms with Crippen molar-refractivity contribution >= 4 is 28.9 Å². The Hall–Kier alpha value is -3.19. The summed E-state index contributed by atoms with van der Waals surface area (Å²) in [6.45, 7) is 3.93. The Morgan fingerprint density at radius 2 is 1.97 bits per heavy atom. The molecule has 1 aromatic heterocycles. The van der Waals surface area contributed by atoms with Crippen molar-refractivity contribution in [2.45, 2.75) is 26.9 Å². The first-order valence-corrected chi connectivity index (χ1v) is 10.1. The normalized spacial score (nSPS) is 10.4. The molecule has 3 rings (SSSR count). The molecule has 0 unspecified atom stereocenters. The number of thiazole rings is 1. The van der Waals surface area contributed by atoms with Gasteiger partial charge in [-0.15, -0.1) is 11.3 Å². The van der Waals surface area contributed by atoms with E-state index in [1.165, 1.54) is 0 Å². The van der Waals surface area contributed by atoms with E-state index in [0.717, 1.165) is 22.7 Å². The Balaban J connectivity index is 1.51. The molecule has 0 fully saturated rings. The average Bonchev–Trinajstić information content (AvgIpc) is 3.16. The minimum absolute atomic E-state index is 0.317. The van der Waals surface area contributed by atoms with Gasteiger partial charge < -0.3 is 14.8 Å². The minimum Gasteiger partial charge on any atom is -0.487 e. The number of hydrogen-bond acceptors (Lipinski definition) is 6. The molecule has 0 aliphatic rings. The predicted octanol–water partition coefficient (Wildman–Crippen LogP) is 4.39. The maximum absolute atomic E-state index is 12.3. The summed E-state index contributed by atoms with van der Waals surface area (Å²) < 4.78 is 10.8. The monoisotopic (exact) mass is 410 g/mol. The van der Waals surface area contributed by atoms with E-state index in [2.05, 4.69) is 10.3 Å². The van der Waals surface area contributed by atoms with Crippen LogP contribution >= 0.6 is 11.3 Å². The average molecular weight is 410 g/mol. The molecule has 150 valence electrons. The second kappa shape index (κ2) is 9.84. The van der Waals surface area contributed by atoms with Crippen LogP contribution in [0.4, 0.5) is 5.69 Å². The molecule has 2 aromatic carbocycles. The van der Waals surface area contributed by atoms with Crippen molar-refractivity contribution in [3.8, 4) is 5.75 Å². The Bertz CT molecular complexity index is 1000. The number of esters is 1. The van der Waals surface area contributed by atoms with Gasteiger partial charge in [-0.05, 0) is 49.2 Å². The van der Waals surface area contributed by atoms with Crippen LogP contribution in [0.5, 0.6) is 5.75 Å². The lowest BCUT2D eigenvalue weighted by Crippen LogP contribution is -2.21. The molecule has 6 nitrogen and oxygen atoms in total. The molecule has 0 aliphatic heterocycles. The lowest BCUT2D eigenvalue weighted by atomic mass is 10.1. The van der Waals surface area contributed by atoms with Gasteiger partial charge in [0.15, 0.2) is 6.61 Å². The Morgan fingerprint density at radius 3 is 2.72 bits per heavy atom. The summed E-state index contributed by atoms with van der Waals surface area (Å²) in [4.78, 5) is 28.7. The lowest BCUT2D eigenvalue weighted by molar-refractivity contribution is -0.119. The number of anilines is 1. The van der Waals surface area contributed by atoms with Crippen LogP contribution in [-0.4, -0.2) is 23.5 Å². The van der Waals surface area contributed by atoms with Crippen molar-refractivity contribution in [2.24, 2.45) is 0 Å². The molecule has 1 amide bonds. The number of amides is 1. The molecule has 0 aliphatic carbocycles. The first-order valence-electron chi connectivity index (χ1n) is 9.23. The highest BCUT2D eigenvalue weighted by Crippen LogP contribution is 2.17. The van der Waals surface area contributed by atoms with E-state index in [-0.39, 0.29) is 6.61 Å². The summed E-state index contributed by atoms with van der Waals surface area (Å²) >= 11 is 1.56. The number of hydrogen-bond donors (Lipinski definition) is 1. The molecule has 0 saturated carbocycles. The summed E-state index contributed by atoms with van der Waals surface area (Å²) in [6, 6.07) is 14.2. The third-order valence-electron chi connectivity index (χ3n) is 4.08. The lowest BCUT2D eigenvalue weighted by Gasteiger charge is -2.09. The molecule has 0 atom stereocenters. The van der Waals surface area contributed by atoms with Gasteiger partial charge in [-0.25, -0.2) is 9.78 Å². The number of carbonyl (C=O) groups excluding carboxylic acids is 2. The van der Waals surface area contributed by atoms with Gasteiger partial charge in [-0.1, -0.05) is 25.1 Å². The fraction of sp³-hybridized carbons (Fsp3) is 0.227. The number of aryl methyl sites for hydroxylation is 2. The smallest absolute Gasteiger partial charge is 0.338 e. The maximum atomic E-state index is 12.3. The highest BCUT2D eigenvalue weighted by molar-refractivity contribution is 7.09. The Labute approximate surface area is 173 Å². The van der Waals surface area contributed by atoms with Gasteiger partial charge in [0.2, 0.25) is 0 Å². The van der Waals surface area contributed by atoms with E-state index in [9.17, 15) is 9.59 Å². The molecule has 1 N–H and O–H groups in total. The van der Waals surface area contributed by atoms with Crippen molar-refractivity contribution < 1.29 is 19.1 Å². The van der Waals surface area contributed by atoms with Crippen LogP contribution in [0, 0.1) is 6.92 Å². The first kappa shape index (κ1) is 20.5. The number of rotatable bonds is 8. The minimum atomic E-state index is -0.586. The molecule has 0 bridgehead atoms. The fourth-order valence-electron chi connectivity index (χ4n) is 2.63. The zero-order chi connectivity index (χ0) is 20.6. The van der Waals surface area contributed by atoms with Gasteiger partial charge in [0.05, 0.1) is 16.3 Å². The van der Waals surface area contributed by atoms with E-state index in [1.54, 1.807) is 41.7 Å². The quantitative estimate of drug-likeness (QED) is 0.558. The summed E-state index contributed by atoms with van der Waals surface area (Å²) in [7, 11) is 0. The van der Waals surface area contributed by atoms with E-state index >= 15 is 0 Å². The number of ether oxygens (including phenoxy) is 2. The topological polar surface area (TPSA) is 77.5 Å². The van der Waals surface area contributed by atoms with Gasteiger partial charge in [0.25, 0.3) is 5.91 Å². The zero-order valence-electron chi connectivity index (χ0n) is 16.3. The van der Waals surface area contributed by atoms with Crippen LogP contribution in [0.25, 0.3) is 0 Å². The number of carbonyl (C=O) groups is 2. The van der Waals surface area contributed by atoms with E-state index in [4.69, 9.17) is 9.47 Å². The van der Waals surface area contributed by atoms with Crippen molar-refractivity contribution in [1.82, 2.24) is 4.98 Å². The van der Waals surface area contributed by atoms with Crippen molar-refractivity contribution in [1.29, 1.82) is 0 Å². The number of aromatic nitrogens is 1. The SMILES string of the molecule is CCc1cccc(NC(=O)COC(=O)c2cccc(OCc3csc(C)n3)c2)c1. The molecular formula is C22H22N2O4S. The van der Waals surface area contributed by atoms with Gasteiger partial charge in [0, 0.05) is 11.1 Å². The van der Waals surface area contributed by atoms with Crippen LogP contribution in [0.2, 0.25) is 0 Å². The van der Waals surface area contributed by atoms with E-state index in [0.29, 0.717) is 23.6 Å². The Morgan fingerprint density at radius 1 is 1.14 bits per heavy atom. The standard InChI is InChI=1S/C22H22N2O4S/c1-3-16-6-4-8-18(10-16)24-21(25)13-28-22(26)17-7-5-9-20(11-17)27-12-19-14-29-15(2)23-19/h4-11,14H,3,12-13H2,1-2H3,(H,24,25). The number of benzene rings is 2. The fourth-order valence-corrected chi connectivity index (χ4v) is 3.22.